The van der Waals surface area contributed by atoms with E-state index in [1.807, 2.05) is 0 Å². The van der Waals surface area contributed by atoms with E-state index in [4.69, 9.17) is 25.7 Å². The molecule has 0 bridgehead atoms. The Hall–Kier alpha value is -2.80. The Morgan fingerprint density at radius 2 is 0.688 bits per heavy atom. The lowest BCUT2D eigenvalue weighted by Gasteiger charge is -2.01. The Balaban J connectivity index is 3.42. The van der Waals surface area contributed by atoms with Crippen LogP contribution >= 0.6 is 0 Å². The molecule has 0 aliphatic heterocycles. The van der Waals surface area contributed by atoms with Crippen LogP contribution in [0.5, 0.6) is 0 Å². The van der Waals surface area contributed by atoms with Crippen LogP contribution in [0.15, 0.2) is 46.6 Å². The molecule has 0 atom stereocenters. The van der Waals surface area contributed by atoms with Crippen LogP contribution in [0.3, 0.4) is 0 Å². The summed E-state index contributed by atoms with van der Waals surface area (Å²) in [4.78, 5) is 0. The summed E-state index contributed by atoms with van der Waals surface area (Å²) >= 11 is 0. The Morgan fingerprint density at radius 1 is 0.500 bits per heavy atom. The van der Waals surface area contributed by atoms with Crippen LogP contribution in [-0.4, -0.2) is 0 Å². The lowest BCUT2D eigenvalue weighted by atomic mass is 10.0. The molecule has 0 aromatic heterocycles. The maximum atomic E-state index is 5.34. The summed E-state index contributed by atoms with van der Waals surface area (Å²) in [6, 6.07) is 0. The average molecular weight is 200 g/mol. The van der Waals surface area contributed by atoms with Crippen molar-refractivity contribution in [2.45, 2.75) is 0 Å². The van der Waals surface area contributed by atoms with Crippen molar-refractivity contribution < 1.29 is 0 Å². The molecule has 0 aromatic rings. The second-order valence-corrected chi connectivity index (χ2v) is 2.98. The number of rotatable bonds is 0. The van der Waals surface area contributed by atoms with Crippen LogP contribution < -0.4 is 0 Å². The summed E-state index contributed by atoms with van der Waals surface area (Å²) in [7, 11) is 0. The Morgan fingerprint density at radius 3 is 0.812 bits per heavy atom. The van der Waals surface area contributed by atoms with Gasteiger partial charge in [0.2, 0.25) is 0 Å². The van der Waals surface area contributed by atoms with Gasteiger partial charge in [0, 0.05) is 22.3 Å². The summed E-state index contributed by atoms with van der Waals surface area (Å²) in [5.41, 5.74) is 2.52. The van der Waals surface area contributed by atoms with Crippen LogP contribution in [-0.2, 0) is 0 Å². The Kier molecular flexibility index (Phi) is 3.65. The molecule has 0 saturated heterocycles. The molecule has 16 heavy (non-hydrogen) atoms. The van der Waals surface area contributed by atoms with Crippen LogP contribution in [0.25, 0.3) is 0 Å². The second kappa shape index (κ2) is 5.17. The number of hydrogen-bond acceptors (Lipinski definition) is 0. The second-order valence-electron chi connectivity index (χ2n) is 2.98. The first kappa shape index (κ1) is 11.3. The third-order valence-electron chi connectivity index (χ3n) is 1.91. The summed E-state index contributed by atoms with van der Waals surface area (Å²) < 4.78 is 0. The molecule has 72 valence electrons. The van der Waals surface area contributed by atoms with Gasteiger partial charge in [-0.05, 0) is 24.3 Å². The lowest BCUT2D eigenvalue weighted by molar-refractivity contribution is 1.56. The van der Waals surface area contributed by atoms with Gasteiger partial charge in [-0.1, -0.05) is 23.7 Å². The maximum absolute atomic E-state index is 5.34. The Bertz CT molecular complexity index is 465. The third kappa shape index (κ3) is 2.59. The molecule has 0 N–H and O–H groups in total. The van der Waals surface area contributed by atoms with Gasteiger partial charge in [0.1, 0.15) is 0 Å². The van der Waals surface area contributed by atoms with Crippen molar-refractivity contribution in [1.82, 2.24) is 0 Å². The summed E-state index contributed by atoms with van der Waals surface area (Å²) in [6.45, 7) is 0. The summed E-state index contributed by atoms with van der Waals surface area (Å²) in [5, 5.41) is 0. The normalized spacial score (nSPS) is 27.2. The van der Waals surface area contributed by atoms with E-state index in [2.05, 4.69) is 23.7 Å². The average Bonchev–Trinajstić information content (AvgIpc) is 2.29. The summed E-state index contributed by atoms with van der Waals surface area (Å²) in [6.07, 6.45) is 28.1. The number of terminal acetylenes is 4. The van der Waals surface area contributed by atoms with E-state index in [1.54, 1.807) is 24.3 Å². The highest BCUT2D eigenvalue weighted by molar-refractivity contribution is 5.60. The van der Waals surface area contributed by atoms with E-state index < -0.39 is 0 Å². The quantitative estimate of drug-likeness (QED) is 0.526. The van der Waals surface area contributed by atoms with Crippen molar-refractivity contribution in [1.29, 1.82) is 0 Å². The van der Waals surface area contributed by atoms with E-state index in [1.165, 1.54) is 0 Å². The molecule has 0 nitrogen and oxygen atoms in total. The molecule has 1 aliphatic carbocycles. The number of hydrogen-bond donors (Lipinski definition) is 0. The van der Waals surface area contributed by atoms with Crippen molar-refractivity contribution in [3.63, 3.8) is 0 Å². The van der Waals surface area contributed by atoms with E-state index >= 15 is 0 Å². The highest BCUT2D eigenvalue weighted by Gasteiger charge is 2.00. The largest absolute Gasteiger partial charge is 0.115 e. The highest BCUT2D eigenvalue weighted by atomic mass is 14.0. The van der Waals surface area contributed by atoms with Crippen LogP contribution in [0.1, 0.15) is 0 Å². The standard InChI is InChI=1S/C16H8/c1-5-13-9-14(6-2)11-16(8-4)12-15(7-3)10-13/h1-4,9-12H/b13-9-,13-10?,14-9?,14-11-,15-10-,15-12?,16-11?,16-12-. The van der Waals surface area contributed by atoms with Gasteiger partial charge in [-0.3, -0.25) is 0 Å². The van der Waals surface area contributed by atoms with Gasteiger partial charge in [-0.15, -0.1) is 25.7 Å². The molecule has 0 fully saturated rings. The minimum Gasteiger partial charge on any atom is -0.115 e. The van der Waals surface area contributed by atoms with Crippen molar-refractivity contribution in [2.75, 3.05) is 0 Å². The zero-order valence-electron chi connectivity index (χ0n) is 8.62. The Labute approximate surface area is 96.4 Å². The van der Waals surface area contributed by atoms with Crippen molar-refractivity contribution >= 4 is 0 Å². The zero-order chi connectivity index (χ0) is 12.0. The lowest BCUT2D eigenvalue weighted by Crippen LogP contribution is -1.87. The molecule has 0 amide bonds. The predicted octanol–water partition coefficient (Wildman–Crippen LogP) is 2.24. The van der Waals surface area contributed by atoms with Gasteiger partial charge in [0.15, 0.2) is 0 Å². The number of allylic oxidation sites excluding steroid dienone is 8. The van der Waals surface area contributed by atoms with Gasteiger partial charge in [-0.2, -0.15) is 0 Å². The van der Waals surface area contributed by atoms with E-state index in [0.29, 0.717) is 22.3 Å². The molecule has 0 radical (unpaired) electrons. The van der Waals surface area contributed by atoms with E-state index in [0.717, 1.165) is 0 Å². The molecule has 0 heteroatoms. The topological polar surface area (TPSA) is 0 Å². The van der Waals surface area contributed by atoms with Crippen LogP contribution in [0.4, 0.5) is 0 Å². The molecular weight excluding hydrogens is 192 g/mol. The minimum absolute atomic E-state index is 0.629. The monoisotopic (exact) mass is 200 g/mol. The van der Waals surface area contributed by atoms with Gasteiger partial charge in [-0.25, -0.2) is 0 Å². The SMILES string of the molecule is C#CC1=C/C(C#C)=C\C(C#C)=C/C(C#C)=C\1. The third-order valence-corrected chi connectivity index (χ3v) is 1.91. The van der Waals surface area contributed by atoms with E-state index in [-0.39, 0.29) is 0 Å². The molecule has 0 spiro atoms. The van der Waals surface area contributed by atoms with Crippen molar-refractivity contribution in [3.05, 3.63) is 46.6 Å². The van der Waals surface area contributed by atoms with Crippen molar-refractivity contribution in [2.24, 2.45) is 0 Å². The van der Waals surface area contributed by atoms with Gasteiger partial charge >= 0.3 is 0 Å². The molecule has 1 aliphatic rings. The fourth-order valence-corrected chi connectivity index (χ4v) is 1.17. The smallest absolute Gasteiger partial charge is 0.0267 e. The zero-order valence-corrected chi connectivity index (χ0v) is 8.62. The van der Waals surface area contributed by atoms with Crippen molar-refractivity contribution in [3.8, 4) is 49.4 Å². The molecule has 0 aromatic carbocycles. The van der Waals surface area contributed by atoms with Crippen LogP contribution in [0, 0.1) is 49.4 Å². The molecule has 1 rings (SSSR count). The highest BCUT2D eigenvalue weighted by Crippen LogP contribution is 2.14. The molecular formula is C16H8. The maximum Gasteiger partial charge on any atom is 0.0267 e. The molecule has 0 saturated carbocycles. The fraction of sp³-hybridized carbons (Fsp3) is 0. The summed E-state index contributed by atoms with van der Waals surface area (Å²) in [5.74, 6) is 10.0. The molecule has 0 unspecified atom stereocenters. The predicted molar refractivity (Wildman–Crippen MR) is 67.7 cm³/mol. The van der Waals surface area contributed by atoms with E-state index in [9.17, 15) is 0 Å². The van der Waals surface area contributed by atoms with Gasteiger partial charge < -0.3 is 0 Å². The fourth-order valence-electron chi connectivity index (χ4n) is 1.17. The first-order valence-corrected chi connectivity index (χ1v) is 4.46. The van der Waals surface area contributed by atoms with Gasteiger partial charge in [0.25, 0.3) is 0 Å². The minimum atomic E-state index is 0.629. The first-order chi connectivity index (χ1) is 7.73. The van der Waals surface area contributed by atoms with Crippen LogP contribution in [0.2, 0.25) is 0 Å². The molecule has 0 heterocycles. The first-order valence-electron chi connectivity index (χ1n) is 4.46. The van der Waals surface area contributed by atoms with Gasteiger partial charge in [0.05, 0.1) is 0 Å².